The number of aryl methyl sites for hydroxylation is 1. The maximum atomic E-state index is 12.8. The van der Waals surface area contributed by atoms with Gasteiger partial charge in [-0.05, 0) is 62.3 Å². The molecule has 0 saturated heterocycles. The third kappa shape index (κ3) is 2.83. The predicted molar refractivity (Wildman–Crippen MR) is 119 cm³/mol. The highest BCUT2D eigenvalue weighted by Gasteiger charge is 2.41. The molecule has 0 radical (unpaired) electrons. The Kier molecular flexibility index (Phi) is 4.42. The Labute approximate surface area is 176 Å². The lowest BCUT2D eigenvalue weighted by Gasteiger charge is -2.37. The van der Waals surface area contributed by atoms with Gasteiger partial charge in [0, 0.05) is 12.1 Å². The van der Waals surface area contributed by atoms with E-state index in [1.807, 2.05) is 26.0 Å². The minimum Gasteiger partial charge on any atom is -0.462 e. The summed E-state index contributed by atoms with van der Waals surface area (Å²) in [6, 6.07) is 10.7. The zero-order valence-corrected chi connectivity index (χ0v) is 17.6. The largest absolute Gasteiger partial charge is 0.462 e. The van der Waals surface area contributed by atoms with Gasteiger partial charge in [0.15, 0.2) is 0 Å². The maximum Gasteiger partial charge on any atom is 0.338 e. The summed E-state index contributed by atoms with van der Waals surface area (Å²) in [5.41, 5.74) is 7.39. The zero-order chi connectivity index (χ0) is 20.9. The molecule has 2 heterocycles. The second-order valence-electron chi connectivity index (χ2n) is 8.45. The molecule has 5 nitrogen and oxygen atoms in total. The molecule has 0 unspecified atom stereocenters. The Hall–Kier alpha value is -3.08. The van der Waals surface area contributed by atoms with Gasteiger partial charge in [-0.15, -0.1) is 6.58 Å². The van der Waals surface area contributed by atoms with Crippen LogP contribution < -0.4 is 5.32 Å². The number of aromatic nitrogens is 2. The molecular weight excluding hydrogens is 374 g/mol. The first-order valence-electron chi connectivity index (χ1n) is 10.7. The summed E-state index contributed by atoms with van der Waals surface area (Å²) >= 11 is 0. The number of allylic oxidation sites excluding steroid dienone is 1. The molecule has 1 aliphatic heterocycles. The summed E-state index contributed by atoms with van der Waals surface area (Å²) in [5, 5.41) is 3.87. The number of ether oxygens (including phenoxy) is 1. The molecular formula is C25H27N3O2. The predicted octanol–water partition coefficient (Wildman–Crippen LogP) is 4.60. The van der Waals surface area contributed by atoms with E-state index in [0.717, 1.165) is 53.8 Å². The summed E-state index contributed by atoms with van der Waals surface area (Å²) in [6.07, 6.45) is 5.69. The molecule has 1 spiro atoms. The van der Waals surface area contributed by atoms with Crippen molar-refractivity contribution in [3.63, 3.8) is 0 Å². The Morgan fingerprint density at radius 2 is 2.07 bits per heavy atom. The second-order valence-corrected chi connectivity index (χ2v) is 8.45. The molecule has 0 bridgehead atoms. The molecule has 1 aromatic heterocycles. The summed E-state index contributed by atoms with van der Waals surface area (Å²) in [7, 11) is 0. The number of carbonyl (C=O) groups is 1. The summed E-state index contributed by atoms with van der Waals surface area (Å²) in [6.45, 7) is 8.75. The van der Waals surface area contributed by atoms with Crippen molar-refractivity contribution in [2.24, 2.45) is 0 Å². The van der Waals surface area contributed by atoms with E-state index in [9.17, 15) is 4.79 Å². The van der Waals surface area contributed by atoms with Crippen molar-refractivity contribution in [3.8, 4) is 0 Å². The van der Waals surface area contributed by atoms with Gasteiger partial charge in [0.1, 0.15) is 11.3 Å². The van der Waals surface area contributed by atoms with Gasteiger partial charge < -0.3 is 14.6 Å². The number of hydrogen-bond donors (Lipinski definition) is 1. The van der Waals surface area contributed by atoms with E-state index in [2.05, 4.69) is 40.7 Å². The van der Waals surface area contributed by atoms with Crippen LogP contribution in [0.25, 0.3) is 11.0 Å². The number of esters is 1. The number of imidazole rings is 1. The van der Waals surface area contributed by atoms with Gasteiger partial charge in [-0.3, -0.25) is 0 Å². The first kappa shape index (κ1) is 18.9. The van der Waals surface area contributed by atoms with Crippen molar-refractivity contribution in [1.82, 2.24) is 9.55 Å². The van der Waals surface area contributed by atoms with E-state index < -0.39 is 0 Å². The van der Waals surface area contributed by atoms with Crippen LogP contribution in [0.2, 0.25) is 0 Å². The van der Waals surface area contributed by atoms with Crippen molar-refractivity contribution in [1.29, 1.82) is 0 Å². The minimum atomic E-state index is -0.257. The van der Waals surface area contributed by atoms with E-state index in [4.69, 9.17) is 9.72 Å². The molecule has 0 atom stereocenters. The van der Waals surface area contributed by atoms with Gasteiger partial charge in [0.05, 0.1) is 23.4 Å². The van der Waals surface area contributed by atoms with Gasteiger partial charge in [0.25, 0.3) is 0 Å². The quantitative estimate of drug-likeness (QED) is 0.513. The lowest BCUT2D eigenvalue weighted by molar-refractivity contribution is 0.0525. The number of benzene rings is 2. The van der Waals surface area contributed by atoms with Crippen molar-refractivity contribution >= 4 is 22.7 Å². The van der Waals surface area contributed by atoms with Crippen molar-refractivity contribution in [3.05, 3.63) is 71.1 Å². The number of anilines is 1. The fourth-order valence-electron chi connectivity index (χ4n) is 5.21. The molecule has 154 valence electrons. The summed E-state index contributed by atoms with van der Waals surface area (Å²) in [4.78, 5) is 17.7. The minimum absolute atomic E-state index is 0.0208. The number of nitrogens with one attached hydrogen (secondary N) is 1. The first-order valence-corrected chi connectivity index (χ1v) is 10.7. The average Bonchev–Trinajstić information content (AvgIpc) is 3.25. The molecule has 0 fully saturated rings. The van der Waals surface area contributed by atoms with Crippen LogP contribution in [0.5, 0.6) is 0 Å². The Bertz CT molecular complexity index is 1150. The van der Waals surface area contributed by atoms with Crippen LogP contribution in [-0.4, -0.2) is 27.7 Å². The topological polar surface area (TPSA) is 56.2 Å². The van der Waals surface area contributed by atoms with Crippen molar-refractivity contribution < 1.29 is 9.53 Å². The summed E-state index contributed by atoms with van der Waals surface area (Å²) < 4.78 is 7.51. The normalized spacial score (nSPS) is 16.2. The van der Waals surface area contributed by atoms with Gasteiger partial charge in [-0.1, -0.05) is 30.3 Å². The van der Waals surface area contributed by atoms with Crippen molar-refractivity contribution in [2.45, 2.75) is 51.6 Å². The Morgan fingerprint density at radius 1 is 1.33 bits per heavy atom. The van der Waals surface area contributed by atoms with Gasteiger partial charge in [-0.2, -0.15) is 0 Å². The van der Waals surface area contributed by atoms with Gasteiger partial charge >= 0.3 is 5.97 Å². The Balaban J connectivity index is 1.67. The average molecular weight is 402 g/mol. The lowest BCUT2D eigenvalue weighted by atomic mass is 9.82. The summed E-state index contributed by atoms with van der Waals surface area (Å²) in [5.74, 6) is 0.663. The third-order valence-electron chi connectivity index (χ3n) is 6.57. The maximum absolute atomic E-state index is 12.8. The highest BCUT2D eigenvalue weighted by molar-refractivity contribution is 6.02. The highest BCUT2D eigenvalue weighted by atomic mass is 16.5. The lowest BCUT2D eigenvalue weighted by Crippen LogP contribution is -2.43. The van der Waals surface area contributed by atoms with E-state index in [-0.39, 0.29) is 11.5 Å². The number of carbonyl (C=O) groups excluding carboxylic acids is 1. The number of rotatable bonds is 4. The number of hydrogen-bond acceptors (Lipinski definition) is 4. The standard InChI is InChI=1S/C25H27N3O2/c1-4-12-28-16(3)26-23-21(28)13-20(24(29)30-5-2)19-10-11-25(27-22(19)23)14-17-8-6-7-9-18(17)15-25/h4,6-9,13,27H,1,5,10-12,14-15H2,2-3H3. The van der Waals surface area contributed by atoms with Crippen LogP contribution in [0.15, 0.2) is 43.0 Å². The van der Waals surface area contributed by atoms with Gasteiger partial charge in [-0.25, -0.2) is 9.78 Å². The molecule has 5 heteroatoms. The smallest absolute Gasteiger partial charge is 0.338 e. The van der Waals surface area contributed by atoms with Crippen LogP contribution >= 0.6 is 0 Å². The zero-order valence-electron chi connectivity index (χ0n) is 17.6. The fourth-order valence-corrected chi connectivity index (χ4v) is 5.21. The van der Waals surface area contributed by atoms with E-state index >= 15 is 0 Å². The van der Waals surface area contributed by atoms with E-state index in [1.165, 1.54) is 11.1 Å². The van der Waals surface area contributed by atoms with E-state index in [0.29, 0.717) is 18.7 Å². The van der Waals surface area contributed by atoms with Crippen LogP contribution in [0.3, 0.4) is 0 Å². The highest BCUT2D eigenvalue weighted by Crippen LogP contribution is 2.44. The number of fused-ring (bicyclic) bond motifs is 4. The molecule has 2 aromatic carbocycles. The molecule has 1 aliphatic carbocycles. The third-order valence-corrected chi connectivity index (χ3v) is 6.57. The molecule has 1 N–H and O–H groups in total. The molecule has 2 aliphatic rings. The van der Waals surface area contributed by atoms with Crippen LogP contribution in [0.1, 0.15) is 46.2 Å². The van der Waals surface area contributed by atoms with Crippen LogP contribution in [-0.2, 0) is 30.5 Å². The monoisotopic (exact) mass is 401 g/mol. The second kappa shape index (κ2) is 7.01. The molecule has 0 amide bonds. The Morgan fingerprint density at radius 3 is 2.73 bits per heavy atom. The number of nitrogens with zero attached hydrogens (tertiary/aromatic N) is 2. The van der Waals surface area contributed by atoms with E-state index in [1.54, 1.807) is 0 Å². The molecule has 3 aromatic rings. The fraction of sp³-hybridized carbons (Fsp3) is 0.360. The van der Waals surface area contributed by atoms with Crippen LogP contribution in [0.4, 0.5) is 5.69 Å². The molecule has 5 rings (SSSR count). The van der Waals surface area contributed by atoms with Crippen molar-refractivity contribution in [2.75, 3.05) is 11.9 Å². The van der Waals surface area contributed by atoms with Gasteiger partial charge in [0.2, 0.25) is 0 Å². The molecule has 30 heavy (non-hydrogen) atoms. The first-order chi connectivity index (χ1) is 14.5. The molecule has 0 saturated carbocycles. The SMILES string of the molecule is C=CCn1c(C)nc2c3c(c(C(=O)OCC)cc21)CCC1(Cc2ccccc2C1)N3. The van der Waals surface area contributed by atoms with Crippen LogP contribution in [0, 0.1) is 6.92 Å².